The van der Waals surface area contributed by atoms with Crippen molar-refractivity contribution in [3.8, 4) is 11.5 Å². The Bertz CT molecular complexity index is 970. The molecule has 0 fully saturated rings. The van der Waals surface area contributed by atoms with Crippen molar-refractivity contribution in [2.75, 3.05) is 26.0 Å². The highest BCUT2D eigenvalue weighted by Gasteiger charge is 2.15. The number of carbonyl (C=O) groups is 2. The van der Waals surface area contributed by atoms with Crippen LogP contribution in [0.2, 0.25) is 0 Å². The summed E-state index contributed by atoms with van der Waals surface area (Å²) in [5.74, 6) is 0.861. The number of likely N-dealkylation sites (N-methyl/N-ethyl adjacent to an activating group) is 1. The summed E-state index contributed by atoms with van der Waals surface area (Å²) in [6.07, 6.45) is 0. The van der Waals surface area contributed by atoms with E-state index in [2.05, 4.69) is 5.32 Å². The maximum atomic E-state index is 12.6. The van der Waals surface area contributed by atoms with E-state index in [0.717, 1.165) is 5.56 Å². The molecule has 30 heavy (non-hydrogen) atoms. The Labute approximate surface area is 176 Å². The molecular weight excluding hydrogens is 380 g/mol. The van der Waals surface area contributed by atoms with Gasteiger partial charge in [-0.05, 0) is 54.1 Å². The summed E-state index contributed by atoms with van der Waals surface area (Å²) in [6.45, 7) is 0.399. The molecule has 0 aliphatic carbocycles. The number of ether oxygens (including phenoxy) is 2. The molecule has 1 N–H and O–H groups in total. The standard InChI is InChI=1S/C24H24N2O4/c1-26(16-23(27)25-20-10-14-21(29-2)15-11-20)24(28)19-8-12-22(13-9-19)30-17-18-6-4-3-5-7-18/h3-15H,16-17H2,1-2H3,(H,25,27). The third-order valence-electron chi connectivity index (χ3n) is 4.45. The Balaban J connectivity index is 1.51. The van der Waals surface area contributed by atoms with Crippen LogP contribution in [0.1, 0.15) is 15.9 Å². The average Bonchev–Trinajstić information content (AvgIpc) is 2.78. The summed E-state index contributed by atoms with van der Waals surface area (Å²) < 4.78 is 10.8. The highest BCUT2D eigenvalue weighted by Crippen LogP contribution is 2.16. The van der Waals surface area contributed by atoms with Gasteiger partial charge in [0.2, 0.25) is 5.91 Å². The molecule has 3 aromatic carbocycles. The van der Waals surface area contributed by atoms with Crippen LogP contribution >= 0.6 is 0 Å². The van der Waals surface area contributed by atoms with Gasteiger partial charge >= 0.3 is 0 Å². The van der Waals surface area contributed by atoms with E-state index in [0.29, 0.717) is 29.4 Å². The van der Waals surface area contributed by atoms with Crippen LogP contribution in [0.3, 0.4) is 0 Å². The van der Waals surface area contributed by atoms with Crippen molar-refractivity contribution in [2.45, 2.75) is 6.61 Å². The number of rotatable bonds is 8. The number of anilines is 1. The van der Waals surface area contributed by atoms with Gasteiger partial charge in [0.05, 0.1) is 13.7 Å². The Kier molecular flexibility index (Phi) is 7.05. The van der Waals surface area contributed by atoms with Crippen LogP contribution in [0.15, 0.2) is 78.9 Å². The van der Waals surface area contributed by atoms with Crippen molar-refractivity contribution in [3.63, 3.8) is 0 Å². The van der Waals surface area contributed by atoms with Gasteiger partial charge in [0.25, 0.3) is 5.91 Å². The predicted molar refractivity (Wildman–Crippen MR) is 116 cm³/mol. The van der Waals surface area contributed by atoms with Crippen molar-refractivity contribution in [3.05, 3.63) is 90.0 Å². The topological polar surface area (TPSA) is 67.9 Å². The van der Waals surface area contributed by atoms with E-state index >= 15 is 0 Å². The first-order valence-electron chi connectivity index (χ1n) is 9.51. The summed E-state index contributed by atoms with van der Waals surface area (Å²) in [5.41, 5.74) is 2.20. The van der Waals surface area contributed by atoms with E-state index in [-0.39, 0.29) is 18.4 Å². The van der Waals surface area contributed by atoms with Gasteiger partial charge in [0.1, 0.15) is 18.1 Å². The largest absolute Gasteiger partial charge is 0.497 e. The quantitative estimate of drug-likeness (QED) is 0.617. The Hall–Kier alpha value is -3.80. The molecule has 0 spiro atoms. The van der Waals surface area contributed by atoms with Gasteiger partial charge in [-0.2, -0.15) is 0 Å². The third kappa shape index (κ3) is 5.85. The van der Waals surface area contributed by atoms with Gasteiger partial charge in [0, 0.05) is 18.3 Å². The van der Waals surface area contributed by atoms with Crippen LogP contribution in [-0.2, 0) is 11.4 Å². The summed E-state index contributed by atoms with van der Waals surface area (Å²) in [4.78, 5) is 26.2. The van der Waals surface area contributed by atoms with Crippen LogP contribution < -0.4 is 14.8 Å². The maximum Gasteiger partial charge on any atom is 0.254 e. The van der Waals surface area contributed by atoms with E-state index in [1.165, 1.54) is 4.90 Å². The SMILES string of the molecule is COc1ccc(NC(=O)CN(C)C(=O)c2ccc(OCc3ccccc3)cc2)cc1. The smallest absolute Gasteiger partial charge is 0.254 e. The molecule has 0 saturated carbocycles. The molecule has 0 atom stereocenters. The molecule has 154 valence electrons. The molecular formula is C24H24N2O4. The molecule has 0 unspecified atom stereocenters. The minimum Gasteiger partial charge on any atom is -0.497 e. The molecule has 3 rings (SSSR count). The number of nitrogens with zero attached hydrogens (tertiary/aromatic N) is 1. The molecule has 3 aromatic rings. The van der Waals surface area contributed by atoms with Gasteiger partial charge in [-0.3, -0.25) is 9.59 Å². The number of hydrogen-bond acceptors (Lipinski definition) is 4. The summed E-state index contributed by atoms with van der Waals surface area (Å²) in [5, 5.41) is 2.76. The monoisotopic (exact) mass is 404 g/mol. The van der Waals surface area contributed by atoms with Crippen molar-refractivity contribution in [1.82, 2.24) is 4.90 Å². The zero-order valence-corrected chi connectivity index (χ0v) is 17.0. The van der Waals surface area contributed by atoms with E-state index in [9.17, 15) is 9.59 Å². The Morgan fingerprint density at radius 1 is 0.867 bits per heavy atom. The lowest BCUT2D eigenvalue weighted by molar-refractivity contribution is -0.116. The van der Waals surface area contributed by atoms with Crippen molar-refractivity contribution < 1.29 is 19.1 Å². The van der Waals surface area contributed by atoms with Gasteiger partial charge < -0.3 is 19.7 Å². The second-order valence-electron chi connectivity index (χ2n) is 6.74. The molecule has 6 heteroatoms. The molecule has 0 aliphatic rings. The van der Waals surface area contributed by atoms with Crippen molar-refractivity contribution >= 4 is 17.5 Å². The molecule has 0 aromatic heterocycles. The van der Waals surface area contributed by atoms with Crippen LogP contribution in [0.25, 0.3) is 0 Å². The van der Waals surface area contributed by atoms with Crippen LogP contribution in [-0.4, -0.2) is 37.4 Å². The van der Waals surface area contributed by atoms with Gasteiger partial charge in [0.15, 0.2) is 0 Å². The van der Waals surface area contributed by atoms with Gasteiger partial charge in [-0.1, -0.05) is 30.3 Å². The second kappa shape index (κ2) is 10.1. The molecule has 6 nitrogen and oxygen atoms in total. The average molecular weight is 404 g/mol. The first kappa shape index (κ1) is 20.9. The minimum atomic E-state index is -0.279. The zero-order valence-electron chi connectivity index (χ0n) is 17.0. The molecule has 2 amide bonds. The van der Waals surface area contributed by atoms with Gasteiger partial charge in [-0.15, -0.1) is 0 Å². The maximum absolute atomic E-state index is 12.6. The third-order valence-corrected chi connectivity index (χ3v) is 4.45. The molecule has 0 radical (unpaired) electrons. The van der Waals surface area contributed by atoms with Crippen LogP contribution in [0.5, 0.6) is 11.5 Å². The fraction of sp³-hybridized carbons (Fsp3) is 0.167. The lowest BCUT2D eigenvalue weighted by atomic mass is 10.2. The van der Waals surface area contributed by atoms with Crippen molar-refractivity contribution in [2.24, 2.45) is 0 Å². The first-order chi connectivity index (χ1) is 14.5. The number of benzene rings is 3. The molecule has 0 heterocycles. The molecule has 0 aliphatic heterocycles. The Morgan fingerprint density at radius 2 is 1.50 bits per heavy atom. The highest BCUT2D eigenvalue weighted by molar-refractivity contribution is 5.99. The highest BCUT2D eigenvalue weighted by atomic mass is 16.5. The summed E-state index contributed by atoms with van der Waals surface area (Å²) in [7, 11) is 3.17. The number of amides is 2. The Morgan fingerprint density at radius 3 is 2.13 bits per heavy atom. The molecule has 0 saturated heterocycles. The number of methoxy groups -OCH3 is 1. The predicted octanol–water partition coefficient (Wildman–Crippen LogP) is 3.98. The van der Waals surface area contributed by atoms with E-state index < -0.39 is 0 Å². The lowest BCUT2D eigenvalue weighted by Gasteiger charge is -2.17. The summed E-state index contributed by atoms with van der Waals surface area (Å²) >= 11 is 0. The fourth-order valence-corrected chi connectivity index (χ4v) is 2.82. The number of nitrogens with one attached hydrogen (secondary N) is 1. The van der Waals surface area contributed by atoms with E-state index in [4.69, 9.17) is 9.47 Å². The minimum absolute atomic E-state index is 0.0584. The first-order valence-corrected chi connectivity index (χ1v) is 9.51. The fourth-order valence-electron chi connectivity index (χ4n) is 2.82. The van der Waals surface area contributed by atoms with E-state index in [1.54, 1.807) is 62.7 Å². The zero-order chi connectivity index (χ0) is 21.3. The molecule has 0 bridgehead atoms. The lowest BCUT2D eigenvalue weighted by Crippen LogP contribution is -2.34. The number of hydrogen-bond donors (Lipinski definition) is 1. The van der Waals surface area contributed by atoms with Crippen LogP contribution in [0.4, 0.5) is 5.69 Å². The number of carbonyl (C=O) groups excluding carboxylic acids is 2. The van der Waals surface area contributed by atoms with Gasteiger partial charge in [-0.25, -0.2) is 0 Å². The van der Waals surface area contributed by atoms with Crippen LogP contribution in [0, 0.1) is 0 Å². The van der Waals surface area contributed by atoms with Crippen molar-refractivity contribution in [1.29, 1.82) is 0 Å². The summed E-state index contributed by atoms with van der Waals surface area (Å²) in [6, 6.07) is 23.7. The van der Waals surface area contributed by atoms with E-state index in [1.807, 2.05) is 30.3 Å². The normalized spacial score (nSPS) is 10.2. The second-order valence-corrected chi connectivity index (χ2v) is 6.74.